The van der Waals surface area contributed by atoms with E-state index in [9.17, 15) is 17.6 Å². The van der Waals surface area contributed by atoms with E-state index >= 15 is 0 Å². The number of oxazole rings is 1. The second-order valence-corrected chi connectivity index (χ2v) is 9.85. The molecule has 10 heteroatoms. The third kappa shape index (κ3) is 4.72. The predicted octanol–water partition coefficient (Wildman–Crippen LogP) is 6.82. The number of alkyl halides is 3. The summed E-state index contributed by atoms with van der Waals surface area (Å²) in [4.78, 5) is 6.75. The molecule has 0 N–H and O–H groups in total. The molecule has 6 nitrogen and oxygen atoms in total. The summed E-state index contributed by atoms with van der Waals surface area (Å²) in [5.41, 5.74) is 2.05. The van der Waals surface area contributed by atoms with E-state index in [0.29, 0.717) is 30.4 Å². The molecule has 0 amide bonds. The van der Waals surface area contributed by atoms with Gasteiger partial charge in [0.25, 0.3) is 0 Å². The molecule has 0 radical (unpaired) electrons. The van der Waals surface area contributed by atoms with Crippen LogP contribution < -0.4 is 9.75 Å². The smallest absolute Gasteiger partial charge is 0.417 e. The number of halogens is 4. The van der Waals surface area contributed by atoms with Crippen molar-refractivity contribution >= 4 is 11.5 Å². The maximum absolute atomic E-state index is 14.5. The van der Waals surface area contributed by atoms with Crippen LogP contribution in [0, 0.1) is 12.7 Å². The van der Waals surface area contributed by atoms with Crippen LogP contribution in [-0.2, 0) is 19.1 Å². The Hall–Kier alpha value is -4.18. The standard InChI is InChI=1S/C30H26F4N4O2/c1-18-28(35-29(40-18)23-8-4-6-10-25(23)31)38-27(37-14-13-19-11-12-21(39-2)15-20(19)17-37)16-26(36-38)22-7-3-5-9-24(22)30(32,33)34/h3-12,15,27H,13-14,16-17H2,1-2H3. The molecule has 6 rings (SSSR count). The van der Waals surface area contributed by atoms with Crippen molar-refractivity contribution in [1.29, 1.82) is 0 Å². The van der Waals surface area contributed by atoms with Crippen molar-refractivity contribution in [3.8, 4) is 17.2 Å². The highest BCUT2D eigenvalue weighted by Crippen LogP contribution is 2.39. The van der Waals surface area contributed by atoms with Gasteiger partial charge in [-0.3, -0.25) is 4.90 Å². The van der Waals surface area contributed by atoms with Crippen molar-refractivity contribution in [2.45, 2.75) is 38.7 Å². The molecule has 3 aromatic carbocycles. The molecular formula is C30H26F4N4O2. The number of ether oxygens (including phenoxy) is 1. The minimum absolute atomic E-state index is 0.0251. The summed E-state index contributed by atoms with van der Waals surface area (Å²) in [5, 5.41) is 6.33. The quantitative estimate of drug-likeness (QED) is 0.256. The molecule has 1 unspecified atom stereocenters. The lowest BCUT2D eigenvalue weighted by Crippen LogP contribution is -2.46. The Kier molecular flexibility index (Phi) is 6.58. The van der Waals surface area contributed by atoms with Gasteiger partial charge in [-0.2, -0.15) is 23.3 Å². The number of fused-ring (bicyclic) bond motifs is 1. The molecule has 206 valence electrons. The first-order chi connectivity index (χ1) is 19.2. The molecule has 1 atom stereocenters. The molecule has 2 aliphatic rings. The van der Waals surface area contributed by atoms with E-state index in [2.05, 4.69) is 9.88 Å². The molecule has 2 aliphatic heterocycles. The molecular weight excluding hydrogens is 524 g/mol. The van der Waals surface area contributed by atoms with Gasteiger partial charge >= 0.3 is 6.18 Å². The Morgan fingerprint density at radius 3 is 2.48 bits per heavy atom. The van der Waals surface area contributed by atoms with Gasteiger partial charge in [-0.15, -0.1) is 0 Å². The summed E-state index contributed by atoms with van der Waals surface area (Å²) in [6.07, 6.45) is -3.98. The number of methoxy groups -OCH3 is 1. The highest BCUT2D eigenvalue weighted by Gasteiger charge is 2.41. The highest BCUT2D eigenvalue weighted by atomic mass is 19.4. The van der Waals surface area contributed by atoms with E-state index < -0.39 is 23.7 Å². The number of anilines is 1. The fourth-order valence-corrected chi connectivity index (χ4v) is 5.40. The van der Waals surface area contributed by atoms with Gasteiger partial charge in [0, 0.05) is 25.1 Å². The minimum atomic E-state index is -4.54. The van der Waals surface area contributed by atoms with E-state index in [0.717, 1.165) is 23.8 Å². The first-order valence-corrected chi connectivity index (χ1v) is 12.9. The van der Waals surface area contributed by atoms with E-state index in [1.807, 2.05) is 18.2 Å². The fraction of sp³-hybridized carbons (Fsp3) is 0.267. The Morgan fingerprint density at radius 2 is 1.73 bits per heavy atom. The van der Waals surface area contributed by atoms with E-state index in [4.69, 9.17) is 14.3 Å². The number of benzene rings is 3. The van der Waals surface area contributed by atoms with Crippen LogP contribution in [0.3, 0.4) is 0 Å². The zero-order valence-corrected chi connectivity index (χ0v) is 21.9. The lowest BCUT2D eigenvalue weighted by Gasteiger charge is -2.37. The first-order valence-electron chi connectivity index (χ1n) is 12.9. The maximum atomic E-state index is 14.5. The molecule has 1 aromatic heterocycles. The second kappa shape index (κ2) is 10.1. The zero-order valence-electron chi connectivity index (χ0n) is 21.9. The van der Waals surface area contributed by atoms with Gasteiger partial charge in [0.05, 0.1) is 23.9 Å². The van der Waals surface area contributed by atoms with E-state index in [1.165, 1.54) is 23.8 Å². The van der Waals surface area contributed by atoms with Gasteiger partial charge in [-0.25, -0.2) is 9.40 Å². The molecule has 40 heavy (non-hydrogen) atoms. The van der Waals surface area contributed by atoms with Crippen LogP contribution in [0.2, 0.25) is 0 Å². The Balaban J connectivity index is 1.42. The fourth-order valence-electron chi connectivity index (χ4n) is 5.40. The summed E-state index contributed by atoms with van der Waals surface area (Å²) in [7, 11) is 1.61. The number of hydrogen-bond donors (Lipinski definition) is 0. The van der Waals surface area contributed by atoms with Crippen molar-refractivity contribution in [2.75, 3.05) is 18.7 Å². The Labute approximate surface area is 228 Å². The number of hydrogen-bond acceptors (Lipinski definition) is 6. The zero-order chi connectivity index (χ0) is 28.0. The van der Waals surface area contributed by atoms with Crippen molar-refractivity contribution in [3.63, 3.8) is 0 Å². The van der Waals surface area contributed by atoms with Crippen LogP contribution in [0.1, 0.15) is 34.4 Å². The van der Waals surface area contributed by atoms with Gasteiger partial charge in [0.1, 0.15) is 23.5 Å². The highest BCUT2D eigenvalue weighted by molar-refractivity contribution is 6.04. The molecule has 0 spiro atoms. The Morgan fingerprint density at radius 1 is 0.975 bits per heavy atom. The topological polar surface area (TPSA) is 54.1 Å². The SMILES string of the molecule is COc1ccc2c(c1)CN(C1CC(c3ccccc3C(F)(F)F)=NN1c1nc(-c3ccccc3F)oc1C)CC2. The van der Waals surface area contributed by atoms with Crippen LogP contribution >= 0.6 is 0 Å². The molecule has 3 heterocycles. The third-order valence-electron chi connectivity index (χ3n) is 7.40. The molecule has 0 saturated carbocycles. The number of aromatic nitrogens is 1. The van der Waals surface area contributed by atoms with Crippen LogP contribution in [0.4, 0.5) is 23.4 Å². The maximum Gasteiger partial charge on any atom is 0.417 e. The number of aryl methyl sites for hydroxylation is 1. The summed E-state index contributed by atoms with van der Waals surface area (Å²) in [5.74, 6) is 1.05. The van der Waals surface area contributed by atoms with Crippen molar-refractivity contribution < 1.29 is 26.7 Å². The van der Waals surface area contributed by atoms with E-state index in [-0.39, 0.29) is 23.4 Å². The molecule has 4 aromatic rings. The average Bonchev–Trinajstić information content (AvgIpc) is 3.56. The minimum Gasteiger partial charge on any atom is -0.497 e. The Bertz CT molecular complexity index is 1600. The van der Waals surface area contributed by atoms with Crippen molar-refractivity contribution in [3.05, 3.63) is 101 Å². The summed E-state index contributed by atoms with van der Waals surface area (Å²) in [6, 6.07) is 17.5. The lowest BCUT2D eigenvalue weighted by atomic mass is 9.97. The first kappa shape index (κ1) is 26.1. The van der Waals surface area contributed by atoms with Crippen molar-refractivity contribution in [2.24, 2.45) is 5.10 Å². The summed E-state index contributed by atoms with van der Waals surface area (Å²) in [6.45, 7) is 2.91. The molecule has 0 aliphatic carbocycles. The predicted molar refractivity (Wildman–Crippen MR) is 143 cm³/mol. The number of hydrazone groups is 1. The summed E-state index contributed by atoms with van der Waals surface area (Å²) < 4.78 is 67.7. The average molecular weight is 551 g/mol. The third-order valence-corrected chi connectivity index (χ3v) is 7.40. The number of rotatable bonds is 5. The summed E-state index contributed by atoms with van der Waals surface area (Å²) >= 11 is 0. The largest absolute Gasteiger partial charge is 0.497 e. The van der Waals surface area contributed by atoms with Crippen molar-refractivity contribution in [1.82, 2.24) is 9.88 Å². The van der Waals surface area contributed by atoms with E-state index in [1.54, 1.807) is 43.3 Å². The van der Waals surface area contributed by atoms with Crippen LogP contribution in [0.25, 0.3) is 11.5 Å². The van der Waals surface area contributed by atoms with Gasteiger partial charge in [0.2, 0.25) is 5.89 Å². The normalized spacial score (nSPS) is 17.6. The van der Waals surface area contributed by atoms with Gasteiger partial charge in [0.15, 0.2) is 5.82 Å². The van der Waals surface area contributed by atoms with Gasteiger partial charge in [-0.1, -0.05) is 36.4 Å². The molecule has 0 bridgehead atoms. The molecule has 0 fully saturated rings. The molecule has 0 saturated heterocycles. The van der Waals surface area contributed by atoms with Crippen LogP contribution in [0.15, 0.2) is 76.2 Å². The monoisotopic (exact) mass is 550 g/mol. The van der Waals surface area contributed by atoms with Gasteiger partial charge < -0.3 is 9.15 Å². The van der Waals surface area contributed by atoms with Crippen LogP contribution in [0.5, 0.6) is 5.75 Å². The number of nitrogens with zero attached hydrogens (tertiary/aromatic N) is 4. The lowest BCUT2D eigenvalue weighted by molar-refractivity contribution is -0.137. The second-order valence-electron chi connectivity index (χ2n) is 9.85. The van der Waals surface area contributed by atoms with Gasteiger partial charge in [-0.05, 0) is 54.8 Å². The van der Waals surface area contributed by atoms with Crippen LogP contribution in [-0.4, -0.2) is 35.4 Å².